The molecule has 0 radical (unpaired) electrons. The molecule has 2 N–H and O–H groups in total. The summed E-state index contributed by atoms with van der Waals surface area (Å²) in [7, 11) is 0. The first-order valence-corrected chi connectivity index (χ1v) is 8.00. The highest BCUT2D eigenvalue weighted by molar-refractivity contribution is 7.71. The molecule has 0 bridgehead atoms. The average Bonchev–Trinajstić information content (AvgIpc) is 2.93. The number of aromatic amines is 1. The quantitative estimate of drug-likeness (QED) is 0.541. The lowest BCUT2D eigenvalue weighted by atomic mass is 10.3. The van der Waals surface area contributed by atoms with Crippen molar-refractivity contribution in [2.24, 2.45) is 0 Å². The first-order valence-electron chi connectivity index (χ1n) is 7.59. The normalized spacial score (nSPS) is 10.9. The molecule has 4 aromatic rings. The van der Waals surface area contributed by atoms with Crippen LogP contribution in [0.5, 0.6) is 0 Å². The van der Waals surface area contributed by atoms with Crippen LogP contribution in [-0.2, 0) is 0 Å². The van der Waals surface area contributed by atoms with E-state index < -0.39 is 0 Å². The fraction of sp³-hybridized carbons (Fsp3) is 0.0556. The van der Waals surface area contributed by atoms with Gasteiger partial charge < -0.3 is 10.3 Å². The molecule has 0 aliphatic carbocycles. The Hall–Kier alpha value is -2.99. The number of benzene rings is 2. The van der Waals surface area contributed by atoms with Gasteiger partial charge in [-0.2, -0.15) is 4.98 Å². The van der Waals surface area contributed by atoms with Gasteiger partial charge in [-0.25, -0.2) is 4.98 Å². The van der Waals surface area contributed by atoms with Gasteiger partial charge in [0.2, 0.25) is 5.95 Å². The molecular formula is C18H15N5S. The Morgan fingerprint density at radius 3 is 2.33 bits per heavy atom. The summed E-state index contributed by atoms with van der Waals surface area (Å²) in [6.45, 7) is 1.95. The molecule has 4 rings (SSSR count). The molecule has 5 nitrogen and oxygen atoms in total. The summed E-state index contributed by atoms with van der Waals surface area (Å²) in [5.74, 6) is 0.546. The number of fused-ring (bicyclic) bond motifs is 1. The van der Waals surface area contributed by atoms with Gasteiger partial charge in [0.05, 0.1) is 5.69 Å². The third kappa shape index (κ3) is 2.57. The first-order chi connectivity index (χ1) is 11.7. The molecule has 0 unspecified atom stereocenters. The van der Waals surface area contributed by atoms with E-state index >= 15 is 0 Å². The molecule has 0 fully saturated rings. The van der Waals surface area contributed by atoms with E-state index in [1.54, 1.807) is 0 Å². The topological polar surface area (TPSA) is 58.5 Å². The minimum atomic E-state index is 0.546. The van der Waals surface area contributed by atoms with Crippen molar-refractivity contribution in [2.45, 2.75) is 6.92 Å². The molecule has 2 aromatic heterocycles. The zero-order chi connectivity index (χ0) is 16.5. The molecule has 0 saturated heterocycles. The van der Waals surface area contributed by atoms with Crippen LogP contribution in [0.2, 0.25) is 0 Å². The Bertz CT molecular complexity index is 1050. The SMILES string of the molecule is Cc1nc(Nc2ccccc2)nc2c1[nH]c(=S)n2-c1ccccc1. The van der Waals surface area contributed by atoms with Crippen molar-refractivity contribution >= 4 is 35.0 Å². The number of aromatic nitrogens is 4. The highest BCUT2D eigenvalue weighted by Gasteiger charge is 2.13. The molecule has 2 aromatic carbocycles. The molecule has 0 aliphatic heterocycles. The van der Waals surface area contributed by atoms with Crippen LogP contribution in [-0.4, -0.2) is 19.5 Å². The Morgan fingerprint density at radius 1 is 0.958 bits per heavy atom. The predicted molar refractivity (Wildman–Crippen MR) is 98.5 cm³/mol. The van der Waals surface area contributed by atoms with Gasteiger partial charge in [0.25, 0.3) is 0 Å². The second-order valence-corrected chi connectivity index (χ2v) is 5.81. The molecule has 0 saturated carbocycles. The van der Waals surface area contributed by atoms with Crippen LogP contribution >= 0.6 is 12.2 Å². The van der Waals surface area contributed by atoms with Crippen molar-refractivity contribution in [1.82, 2.24) is 19.5 Å². The summed E-state index contributed by atoms with van der Waals surface area (Å²) in [6, 6.07) is 19.8. The fourth-order valence-corrected chi connectivity index (χ4v) is 2.94. The third-order valence-electron chi connectivity index (χ3n) is 3.76. The van der Waals surface area contributed by atoms with Crippen molar-refractivity contribution in [1.29, 1.82) is 0 Å². The van der Waals surface area contributed by atoms with E-state index in [-0.39, 0.29) is 0 Å². The monoisotopic (exact) mass is 333 g/mol. The highest BCUT2D eigenvalue weighted by Crippen LogP contribution is 2.22. The Morgan fingerprint density at radius 2 is 1.62 bits per heavy atom. The lowest BCUT2D eigenvalue weighted by molar-refractivity contribution is 1.04. The summed E-state index contributed by atoms with van der Waals surface area (Å²) in [4.78, 5) is 12.4. The number of aryl methyl sites for hydroxylation is 1. The van der Waals surface area contributed by atoms with Crippen LogP contribution in [0.25, 0.3) is 16.9 Å². The van der Waals surface area contributed by atoms with Crippen LogP contribution in [0.3, 0.4) is 0 Å². The maximum Gasteiger partial charge on any atom is 0.229 e. The lowest BCUT2D eigenvalue weighted by Crippen LogP contribution is -2.02. The van der Waals surface area contributed by atoms with E-state index in [1.807, 2.05) is 72.2 Å². The zero-order valence-electron chi connectivity index (χ0n) is 13.0. The Kier molecular flexibility index (Phi) is 3.59. The number of nitrogens with one attached hydrogen (secondary N) is 2. The largest absolute Gasteiger partial charge is 0.327 e. The fourth-order valence-electron chi connectivity index (χ4n) is 2.65. The Balaban J connectivity index is 1.89. The maximum absolute atomic E-state index is 5.49. The first kappa shape index (κ1) is 14.6. The van der Waals surface area contributed by atoms with E-state index in [0.717, 1.165) is 28.2 Å². The minimum absolute atomic E-state index is 0.546. The highest BCUT2D eigenvalue weighted by atomic mass is 32.1. The summed E-state index contributed by atoms with van der Waals surface area (Å²) in [5.41, 5.74) is 4.37. The molecule has 24 heavy (non-hydrogen) atoms. The van der Waals surface area contributed by atoms with Gasteiger partial charge in [-0.1, -0.05) is 36.4 Å². The molecule has 0 spiro atoms. The van der Waals surface area contributed by atoms with Gasteiger partial charge in [0, 0.05) is 11.4 Å². The van der Waals surface area contributed by atoms with Crippen molar-refractivity contribution < 1.29 is 0 Å². The number of rotatable bonds is 3. The van der Waals surface area contributed by atoms with E-state index in [0.29, 0.717) is 10.7 Å². The standard InChI is InChI=1S/C18H15N5S/c1-12-15-16(22-17(19-12)20-13-8-4-2-5-9-13)23(18(24)21-15)14-10-6-3-7-11-14/h2-11H,1H3,(H,21,24)(H,19,20,22). The van der Waals surface area contributed by atoms with Gasteiger partial charge in [-0.15, -0.1) is 0 Å². The van der Waals surface area contributed by atoms with Crippen LogP contribution in [0.4, 0.5) is 11.6 Å². The number of nitrogens with zero attached hydrogens (tertiary/aromatic N) is 3. The van der Waals surface area contributed by atoms with E-state index in [2.05, 4.69) is 20.3 Å². The number of hydrogen-bond acceptors (Lipinski definition) is 4. The number of H-pyrrole nitrogens is 1. The van der Waals surface area contributed by atoms with Gasteiger partial charge in [-0.05, 0) is 43.4 Å². The van der Waals surface area contributed by atoms with Gasteiger partial charge in [0.15, 0.2) is 10.4 Å². The van der Waals surface area contributed by atoms with Crippen LogP contribution in [0.1, 0.15) is 5.69 Å². The van der Waals surface area contributed by atoms with Crippen molar-refractivity contribution in [3.8, 4) is 5.69 Å². The number of hydrogen-bond donors (Lipinski definition) is 2. The molecule has 2 heterocycles. The van der Waals surface area contributed by atoms with Crippen LogP contribution in [0.15, 0.2) is 60.7 Å². The summed E-state index contributed by atoms with van der Waals surface area (Å²) >= 11 is 5.49. The predicted octanol–water partition coefficient (Wildman–Crippen LogP) is 4.53. The minimum Gasteiger partial charge on any atom is -0.327 e. The van der Waals surface area contributed by atoms with Crippen molar-refractivity contribution in [3.05, 3.63) is 71.1 Å². The summed E-state index contributed by atoms with van der Waals surface area (Å²) in [5, 5.41) is 3.24. The van der Waals surface area contributed by atoms with Crippen molar-refractivity contribution in [2.75, 3.05) is 5.32 Å². The molecule has 118 valence electrons. The Labute approximate surface area is 144 Å². The van der Waals surface area contributed by atoms with Gasteiger partial charge in [0.1, 0.15) is 5.52 Å². The number of imidazole rings is 1. The molecule has 6 heteroatoms. The summed E-state index contributed by atoms with van der Waals surface area (Å²) < 4.78 is 2.53. The van der Waals surface area contributed by atoms with E-state index in [9.17, 15) is 0 Å². The smallest absolute Gasteiger partial charge is 0.229 e. The number of anilines is 2. The third-order valence-corrected chi connectivity index (χ3v) is 4.05. The number of para-hydroxylation sites is 2. The molecular weight excluding hydrogens is 318 g/mol. The molecule has 0 amide bonds. The zero-order valence-corrected chi connectivity index (χ0v) is 13.8. The van der Waals surface area contributed by atoms with Crippen molar-refractivity contribution in [3.63, 3.8) is 0 Å². The van der Waals surface area contributed by atoms with E-state index in [4.69, 9.17) is 12.2 Å². The average molecular weight is 333 g/mol. The van der Waals surface area contributed by atoms with E-state index in [1.165, 1.54) is 0 Å². The second kappa shape index (κ2) is 5.90. The van der Waals surface area contributed by atoms with Crippen LogP contribution in [0, 0.1) is 11.7 Å². The molecule has 0 atom stereocenters. The lowest BCUT2D eigenvalue weighted by Gasteiger charge is -2.08. The second-order valence-electron chi connectivity index (χ2n) is 5.42. The molecule has 0 aliphatic rings. The van der Waals surface area contributed by atoms with Crippen LogP contribution < -0.4 is 5.32 Å². The maximum atomic E-state index is 5.49. The van der Waals surface area contributed by atoms with Gasteiger partial charge >= 0.3 is 0 Å². The summed E-state index contributed by atoms with van der Waals surface area (Å²) in [6.07, 6.45) is 0. The van der Waals surface area contributed by atoms with Gasteiger partial charge in [-0.3, -0.25) is 4.57 Å².